The molecule has 0 saturated heterocycles. The molecule has 0 bridgehead atoms. The van der Waals surface area contributed by atoms with Gasteiger partial charge in [-0.05, 0) is 117 Å². The summed E-state index contributed by atoms with van der Waals surface area (Å²) >= 11 is 0. The Bertz CT molecular complexity index is 1500. The number of hydrogen-bond donors (Lipinski definition) is 0. The van der Waals surface area contributed by atoms with Crippen molar-refractivity contribution in [1.82, 2.24) is 0 Å². The van der Waals surface area contributed by atoms with Crippen LogP contribution in [0.25, 0.3) is 0 Å². The van der Waals surface area contributed by atoms with Crippen molar-refractivity contribution in [2.75, 3.05) is 57.0 Å². The van der Waals surface area contributed by atoms with Gasteiger partial charge in [0.2, 0.25) is 0 Å². The molecule has 3 nitrogen and oxygen atoms in total. The summed E-state index contributed by atoms with van der Waals surface area (Å²) in [5.41, 5.74) is 16.5. The standard InChI is InChI=1S/C39H55N3Si/c1-24-17-20-33(36(29(24)6)40(11)12)43(39(10)23-27(4)28(5)32(39)9,34-21-18-25(2)30(7)37(34)41(13)14)35-22-19-26(3)31(8)38(35)42(15)16/h17-23H,1-16H3. The Kier molecular flexibility index (Phi) is 8.63. The summed E-state index contributed by atoms with van der Waals surface area (Å²) < 4.78 is 0. The lowest BCUT2D eigenvalue weighted by Gasteiger charge is -2.51. The molecule has 0 aromatic heterocycles. The van der Waals surface area contributed by atoms with Crippen molar-refractivity contribution >= 4 is 40.7 Å². The van der Waals surface area contributed by atoms with Crippen LogP contribution in [0.15, 0.2) is 59.2 Å². The first kappa shape index (κ1) is 32.7. The van der Waals surface area contributed by atoms with Crippen molar-refractivity contribution in [2.45, 2.75) is 74.3 Å². The van der Waals surface area contributed by atoms with E-state index in [0.29, 0.717) is 0 Å². The molecule has 1 aliphatic carbocycles. The molecule has 1 aliphatic rings. The Balaban J connectivity index is 2.52. The van der Waals surface area contributed by atoms with Gasteiger partial charge in [0, 0.05) is 64.4 Å². The van der Waals surface area contributed by atoms with Crippen molar-refractivity contribution in [3.8, 4) is 0 Å². The van der Waals surface area contributed by atoms with Crippen LogP contribution >= 0.6 is 0 Å². The van der Waals surface area contributed by atoms with E-state index in [9.17, 15) is 0 Å². The molecule has 230 valence electrons. The zero-order valence-corrected chi connectivity index (χ0v) is 30.9. The predicted molar refractivity (Wildman–Crippen MR) is 196 cm³/mol. The largest absolute Gasteiger partial charge is 0.378 e. The van der Waals surface area contributed by atoms with Crippen LogP contribution in [0.3, 0.4) is 0 Å². The second-order valence-corrected chi connectivity index (χ2v) is 18.1. The highest BCUT2D eigenvalue weighted by Gasteiger charge is 2.59. The number of aryl methyl sites for hydroxylation is 3. The maximum atomic E-state index is 2.64. The molecule has 0 fully saturated rings. The predicted octanol–water partition coefficient (Wildman–Crippen LogP) is 7.26. The molecule has 0 spiro atoms. The van der Waals surface area contributed by atoms with Crippen LogP contribution in [-0.2, 0) is 0 Å². The van der Waals surface area contributed by atoms with Gasteiger partial charge in [-0.15, -0.1) is 0 Å². The summed E-state index contributed by atoms with van der Waals surface area (Å²) in [6, 6.07) is 14.7. The van der Waals surface area contributed by atoms with Crippen molar-refractivity contribution < 1.29 is 0 Å². The van der Waals surface area contributed by atoms with Gasteiger partial charge in [-0.25, -0.2) is 0 Å². The quantitative estimate of drug-likeness (QED) is 0.211. The Morgan fingerprint density at radius 2 is 0.791 bits per heavy atom. The van der Waals surface area contributed by atoms with Gasteiger partial charge in [0.15, 0.2) is 8.07 Å². The second kappa shape index (κ2) is 11.4. The average Bonchev–Trinajstić information content (AvgIpc) is 3.12. The van der Waals surface area contributed by atoms with Crippen molar-refractivity contribution in [1.29, 1.82) is 0 Å². The number of allylic oxidation sites excluding steroid dienone is 4. The minimum Gasteiger partial charge on any atom is -0.378 e. The maximum Gasteiger partial charge on any atom is 0.169 e. The Morgan fingerprint density at radius 1 is 0.488 bits per heavy atom. The lowest BCUT2D eigenvalue weighted by atomic mass is 10.0. The van der Waals surface area contributed by atoms with Crippen LogP contribution < -0.4 is 30.3 Å². The van der Waals surface area contributed by atoms with Gasteiger partial charge in [-0.2, -0.15) is 0 Å². The molecule has 1 unspecified atom stereocenters. The summed E-state index contributed by atoms with van der Waals surface area (Å²) in [6.45, 7) is 23.4. The fourth-order valence-electron chi connectivity index (χ4n) is 8.04. The Morgan fingerprint density at radius 3 is 1.02 bits per heavy atom. The molecule has 4 rings (SSSR count). The van der Waals surface area contributed by atoms with E-state index < -0.39 is 8.07 Å². The molecule has 0 radical (unpaired) electrons. The van der Waals surface area contributed by atoms with Gasteiger partial charge in [0.1, 0.15) is 0 Å². The normalized spacial score (nSPS) is 17.0. The van der Waals surface area contributed by atoms with Crippen molar-refractivity contribution in [3.63, 3.8) is 0 Å². The number of rotatable bonds is 7. The summed E-state index contributed by atoms with van der Waals surface area (Å²) in [5, 5.41) is 4.24. The topological polar surface area (TPSA) is 9.72 Å². The van der Waals surface area contributed by atoms with E-state index in [1.54, 1.807) is 0 Å². The van der Waals surface area contributed by atoms with E-state index in [-0.39, 0.29) is 5.04 Å². The third-order valence-corrected chi connectivity index (χ3v) is 16.6. The third-order valence-electron chi connectivity index (χ3n) is 10.9. The number of hydrogen-bond acceptors (Lipinski definition) is 3. The average molecular weight is 594 g/mol. The highest BCUT2D eigenvalue weighted by Crippen LogP contribution is 2.55. The van der Waals surface area contributed by atoms with Gasteiger partial charge < -0.3 is 14.7 Å². The number of nitrogens with zero attached hydrogens (tertiary/aromatic N) is 3. The highest BCUT2D eigenvalue weighted by molar-refractivity contribution is 7.16. The smallest absolute Gasteiger partial charge is 0.169 e. The second-order valence-electron chi connectivity index (χ2n) is 13.9. The van der Waals surface area contributed by atoms with Gasteiger partial charge in [0.05, 0.1) is 0 Å². The summed E-state index contributed by atoms with van der Waals surface area (Å²) in [5.74, 6) is 0. The van der Waals surface area contributed by atoms with E-state index >= 15 is 0 Å². The summed E-state index contributed by atoms with van der Waals surface area (Å²) in [6.07, 6.45) is 2.64. The minimum absolute atomic E-state index is 0.216. The molecule has 1 atom stereocenters. The zero-order chi connectivity index (χ0) is 32.3. The Labute approximate surface area is 263 Å². The molecular formula is C39H55N3Si. The van der Waals surface area contributed by atoms with Gasteiger partial charge >= 0.3 is 0 Å². The fraction of sp³-hybridized carbons (Fsp3) is 0.436. The van der Waals surface area contributed by atoms with Crippen molar-refractivity contribution in [3.05, 3.63) is 92.6 Å². The molecule has 43 heavy (non-hydrogen) atoms. The molecule has 0 aliphatic heterocycles. The van der Waals surface area contributed by atoms with Crippen LogP contribution in [0.5, 0.6) is 0 Å². The molecule has 3 aromatic rings. The minimum atomic E-state index is -3.01. The number of anilines is 3. The first-order chi connectivity index (χ1) is 19.9. The lowest BCUT2D eigenvalue weighted by molar-refractivity contribution is 0.868. The van der Waals surface area contributed by atoms with E-state index in [4.69, 9.17) is 0 Å². The molecule has 0 saturated carbocycles. The number of benzene rings is 3. The first-order valence-electron chi connectivity index (χ1n) is 15.7. The highest BCUT2D eigenvalue weighted by atomic mass is 28.3. The SMILES string of the molecule is CC1=CC(C)([Si](c2ccc(C)c(C)c2N(C)C)(c2ccc(C)c(C)c2N(C)C)c2ccc(C)c(C)c2N(C)C)C(C)=C1C. The summed E-state index contributed by atoms with van der Waals surface area (Å²) in [7, 11) is 10.4. The van der Waals surface area contributed by atoms with Crippen LogP contribution in [0.4, 0.5) is 17.1 Å². The molecular weight excluding hydrogens is 539 g/mol. The van der Waals surface area contributed by atoms with E-state index in [0.717, 1.165) is 0 Å². The zero-order valence-electron chi connectivity index (χ0n) is 29.9. The molecule has 0 N–H and O–H groups in total. The fourth-order valence-corrected chi connectivity index (χ4v) is 15.1. The van der Waals surface area contributed by atoms with Crippen LogP contribution in [0.1, 0.15) is 61.1 Å². The van der Waals surface area contributed by atoms with E-state index in [2.05, 4.69) is 169 Å². The maximum absolute atomic E-state index is 3.01. The van der Waals surface area contributed by atoms with Crippen LogP contribution in [-0.4, -0.2) is 50.4 Å². The Hall–Kier alpha value is -3.24. The summed E-state index contributed by atoms with van der Waals surface area (Å²) in [4.78, 5) is 7.15. The molecule has 4 heteroatoms. The van der Waals surface area contributed by atoms with Gasteiger partial charge in [-0.3, -0.25) is 0 Å². The third kappa shape index (κ3) is 4.68. The lowest BCUT2D eigenvalue weighted by Crippen LogP contribution is -2.74. The molecule has 0 heterocycles. The first-order valence-corrected chi connectivity index (χ1v) is 17.7. The monoisotopic (exact) mass is 593 g/mol. The van der Waals surface area contributed by atoms with Crippen molar-refractivity contribution in [2.24, 2.45) is 0 Å². The van der Waals surface area contributed by atoms with Gasteiger partial charge in [0.25, 0.3) is 0 Å². The van der Waals surface area contributed by atoms with Crippen LogP contribution in [0.2, 0.25) is 5.04 Å². The van der Waals surface area contributed by atoms with E-state index in [1.165, 1.54) is 82.7 Å². The van der Waals surface area contributed by atoms with Gasteiger partial charge in [-0.1, -0.05) is 60.5 Å². The van der Waals surface area contributed by atoms with E-state index in [1.807, 2.05) is 0 Å². The van der Waals surface area contributed by atoms with Crippen LogP contribution in [0, 0.1) is 41.5 Å². The molecule has 0 amide bonds. The molecule has 3 aromatic carbocycles.